The van der Waals surface area contributed by atoms with Crippen LogP contribution in [0.1, 0.15) is 26.7 Å². The van der Waals surface area contributed by atoms with Gasteiger partial charge < -0.3 is 39.0 Å². The lowest BCUT2D eigenvalue weighted by molar-refractivity contribution is -0.122. The molecule has 2 fully saturated rings. The first-order valence-electron chi connectivity index (χ1n) is 15.1. The average Bonchev–Trinajstić information content (AvgIpc) is 3.55. The smallest absolute Gasteiger partial charge is 0.233 e. The molecular formula is C32H46BrClN4O6. The minimum atomic E-state index is -0.113. The number of amides is 2. The number of ether oxygens (including phenoxy) is 4. The number of hydrogen-bond donors (Lipinski definition) is 1. The molecule has 44 heavy (non-hydrogen) atoms. The normalized spacial score (nSPS) is 21.9. The standard InChI is InChI=1S/C16H22N2O3.C11H12BrNO2.C5H11NO.ClH/c1-12-11-21-15-5-4-13(10-14(15)17(2)16(12)19)18-6-3-8-20-9-7-18;1-7-6-15-10-4-3-8(12)5-9(10)13(2)11(7)14;1-2-6-3-5-7-4-1;/h4-5,10,12H,3,6-9,11H2,1-2H3;3-5,7H,6H2,1-2H3;6H,1-5H2;1H/t12-;7-;;/m00../s1. The van der Waals surface area contributed by atoms with E-state index >= 15 is 0 Å². The van der Waals surface area contributed by atoms with Crippen LogP contribution in [0.4, 0.5) is 17.1 Å². The molecule has 12 heteroatoms. The molecule has 4 aliphatic heterocycles. The van der Waals surface area contributed by atoms with Crippen molar-refractivity contribution >= 4 is 57.2 Å². The monoisotopic (exact) mass is 696 g/mol. The maximum atomic E-state index is 12.3. The van der Waals surface area contributed by atoms with Crippen LogP contribution in [0.3, 0.4) is 0 Å². The summed E-state index contributed by atoms with van der Waals surface area (Å²) in [5, 5.41) is 3.22. The summed E-state index contributed by atoms with van der Waals surface area (Å²) in [4.78, 5) is 29.8. The zero-order chi connectivity index (χ0) is 30.8. The molecule has 0 spiro atoms. The molecule has 2 aromatic carbocycles. The highest BCUT2D eigenvalue weighted by molar-refractivity contribution is 9.10. The Morgan fingerprint density at radius 1 is 0.750 bits per heavy atom. The summed E-state index contributed by atoms with van der Waals surface area (Å²) in [7, 11) is 3.60. The van der Waals surface area contributed by atoms with Crippen LogP contribution >= 0.6 is 28.3 Å². The maximum absolute atomic E-state index is 12.3. The van der Waals surface area contributed by atoms with Crippen molar-refractivity contribution in [1.82, 2.24) is 5.32 Å². The van der Waals surface area contributed by atoms with Crippen molar-refractivity contribution in [3.05, 3.63) is 40.9 Å². The molecule has 244 valence electrons. The Balaban J connectivity index is 0.000000200. The summed E-state index contributed by atoms with van der Waals surface area (Å²) in [6, 6.07) is 11.8. The molecule has 0 radical (unpaired) electrons. The van der Waals surface area contributed by atoms with E-state index in [9.17, 15) is 9.59 Å². The van der Waals surface area contributed by atoms with Gasteiger partial charge in [0.1, 0.15) is 11.5 Å². The molecule has 2 amide bonds. The number of benzene rings is 2. The van der Waals surface area contributed by atoms with E-state index in [2.05, 4.69) is 38.3 Å². The predicted octanol–water partition coefficient (Wildman–Crippen LogP) is 4.76. The summed E-state index contributed by atoms with van der Waals surface area (Å²) >= 11 is 3.38. The predicted molar refractivity (Wildman–Crippen MR) is 180 cm³/mol. The lowest BCUT2D eigenvalue weighted by atomic mass is 10.1. The third-order valence-electron chi connectivity index (χ3n) is 7.72. The van der Waals surface area contributed by atoms with Crippen molar-refractivity contribution in [3.63, 3.8) is 0 Å². The van der Waals surface area contributed by atoms with Crippen LogP contribution in [0.5, 0.6) is 11.5 Å². The van der Waals surface area contributed by atoms with Crippen molar-refractivity contribution in [2.45, 2.75) is 26.7 Å². The van der Waals surface area contributed by atoms with Crippen LogP contribution in [0.25, 0.3) is 0 Å². The average molecular weight is 698 g/mol. The van der Waals surface area contributed by atoms with Crippen molar-refractivity contribution in [2.75, 3.05) is 94.6 Å². The topological polar surface area (TPSA) is 92.8 Å². The summed E-state index contributed by atoms with van der Waals surface area (Å²) < 4.78 is 22.9. The third kappa shape index (κ3) is 9.71. The van der Waals surface area contributed by atoms with Gasteiger partial charge in [0, 0.05) is 57.1 Å². The fourth-order valence-corrected chi connectivity index (χ4v) is 5.46. The highest BCUT2D eigenvalue weighted by Gasteiger charge is 2.27. The number of carbonyl (C=O) groups is 2. The van der Waals surface area contributed by atoms with E-state index in [-0.39, 0.29) is 36.1 Å². The molecule has 1 N–H and O–H groups in total. The van der Waals surface area contributed by atoms with Gasteiger partial charge in [0.2, 0.25) is 11.8 Å². The Kier molecular flexibility index (Phi) is 14.5. The largest absolute Gasteiger partial charge is 0.491 e. The number of carbonyl (C=O) groups excluding carboxylic acids is 2. The van der Waals surface area contributed by atoms with Gasteiger partial charge in [-0.1, -0.05) is 29.8 Å². The third-order valence-corrected chi connectivity index (χ3v) is 8.21. The van der Waals surface area contributed by atoms with Gasteiger partial charge in [0.05, 0.1) is 49.6 Å². The summed E-state index contributed by atoms with van der Waals surface area (Å²) in [5.74, 6) is 1.53. The van der Waals surface area contributed by atoms with Crippen molar-refractivity contribution in [3.8, 4) is 11.5 Å². The Labute approximate surface area is 275 Å². The molecule has 10 nitrogen and oxygen atoms in total. The number of nitrogens with one attached hydrogen (secondary N) is 1. The molecule has 0 aromatic heterocycles. The van der Waals surface area contributed by atoms with E-state index in [4.69, 9.17) is 18.9 Å². The quantitative estimate of drug-likeness (QED) is 0.456. The summed E-state index contributed by atoms with van der Waals surface area (Å²) in [6.07, 6.45) is 2.19. The molecule has 0 saturated carbocycles. The second kappa shape index (κ2) is 17.8. The van der Waals surface area contributed by atoms with Gasteiger partial charge in [0.15, 0.2) is 0 Å². The Bertz CT molecular complexity index is 1210. The summed E-state index contributed by atoms with van der Waals surface area (Å²) in [6.45, 7) is 12.1. The fourth-order valence-electron chi connectivity index (χ4n) is 5.11. The van der Waals surface area contributed by atoms with E-state index in [1.54, 1.807) is 16.8 Å². The van der Waals surface area contributed by atoms with E-state index < -0.39 is 0 Å². The van der Waals surface area contributed by atoms with Crippen LogP contribution in [0, 0.1) is 11.8 Å². The van der Waals surface area contributed by atoms with Crippen LogP contribution in [-0.2, 0) is 19.1 Å². The first-order chi connectivity index (χ1) is 20.8. The number of nitrogens with zero attached hydrogens (tertiary/aromatic N) is 3. The minimum Gasteiger partial charge on any atom is -0.491 e. The maximum Gasteiger partial charge on any atom is 0.233 e. The molecule has 0 aliphatic carbocycles. The van der Waals surface area contributed by atoms with Crippen molar-refractivity contribution in [2.24, 2.45) is 11.8 Å². The molecule has 6 rings (SSSR count). The number of rotatable bonds is 1. The molecule has 2 saturated heterocycles. The zero-order valence-corrected chi connectivity index (χ0v) is 28.6. The number of hydrogen-bond acceptors (Lipinski definition) is 8. The molecule has 0 bridgehead atoms. The van der Waals surface area contributed by atoms with Crippen molar-refractivity contribution < 1.29 is 28.5 Å². The summed E-state index contributed by atoms with van der Waals surface area (Å²) in [5.41, 5.74) is 2.79. The Hall–Kier alpha value is -2.57. The van der Waals surface area contributed by atoms with Gasteiger partial charge in [0.25, 0.3) is 0 Å². The molecule has 2 atom stereocenters. The first kappa shape index (κ1) is 35.9. The van der Waals surface area contributed by atoms with E-state index in [1.807, 2.05) is 45.2 Å². The van der Waals surface area contributed by atoms with Crippen molar-refractivity contribution in [1.29, 1.82) is 0 Å². The molecule has 4 heterocycles. The second-order valence-corrected chi connectivity index (χ2v) is 12.1. The lowest BCUT2D eigenvalue weighted by Crippen LogP contribution is -2.32. The Morgan fingerprint density at radius 2 is 1.34 bits per heavy atom. The number of fused-ring (bicyclic) bond motifs is 2. The SMILES string of the molecule is C1CNCCOC1.C[C@H]1COc2ccc(Br)cc2N(C)C1=O.C[C@H]1COc2ccc(N3CCCOCC3)cc2N(C)C1=O.Cl. The first-order valence-corrected chi connectivity index (χ1v) is 15.9. The van der Waals surface area contributed by atoms with Gasteiger partial charge in [-0.15, -0.1) is 12.4 Å². The molecule has 4 aliphatic rings. The minimum absolute atomic E-state index is 0. The lowest BCUT2D eigenvalue weighted by Gasteiger charge is -2.25. The van der Waals surface area contributed by atoms with E-state index in [1.165, 1.54) is 6.42 Å². The van der Waals surface area contributed by atoms with Gasteiger partial charge in [-0.25, -0.2) is 0 Å². The van der Waals surface area contributed by atoms with E-state index in [0.29, 0.717) is 13.2 Å². The van der Waals surface area contributed by atoms with Crippen LogP contribution in [0.2, 0.25) is 0 Å². The highest BCUT2D eigenvalue weighted by Crippen LogP contribution is 2.36. The molecule has 2 aromatic rings. The van der Waals surface area contributed by atoms with Crippen LogP contribution in [0.15, 0.2) is 40.9 Å². The number of halogens is 2. The van der Waals surface area contributed by atoms with Gasteiger partial charge in [-0.05, 0) is 55.8 Å². The van der Waals surface area contributed by atoms with Gasteiger partial charge in [-0.2, -0.15) is 0 Å². The van der Waals surface area contributed by atoms with Crippen LogP contribution < -0.4 is 29.5 Å². The fraction of sp³-hybridized carbons (Fsp3) is 0.562. The second-order valence-electron chi connectivity index (χ2n) is 11.2. The highest BCUT2D eigenvalue weighted by atomic mass is 79.9. The van der Waals surface area contributed by atoms with Gasteiger partial charge >= 0.3 is 0 Å². The van der Waals surface area contributed by atoms with Gasteiger partial charge in [-0.3, -0.25) is 9.59 Å². The van der Waals surface area contributed by atoms with E-state index in [0.717, 1.165) is 92.1 Å². The number of anilines is 3. The zero-order valence-electron chi connectivity index (χ0n) is 26.2. The Morgan fingerprint density at radius 3 is 2.02 bits per heavy atom. The molecular weight excluding hydrogens is 652 g/mol. The van der Waals surface area contributed by atoms with Crippen LogP contribution in [-0.4, -0.2) is 91.7 Å². The molecule has 0 unspecified atom stereocenters.